The van der Waals surface area contributed by atoms with E-state index in [0.29, 0.717) is 30.2 Å². The van der Waals surface area contributed by atoms with E-state index in [1.54, 1.807) is 18.2 Å². The smallest absolute Gasteiger partial charge is 0.251 e. The van der Waals surface area contributed by atoms with Crippen LogP contribution in [0.25, 0.3) is 10.7 Å². The summed E-state index contributed by atoms with van der Waals surface area (Å²) in [4.78, 5) is 30.5. The van der Waals surface area contributed by atoms with Crippen LogP contribution in [-0.4, -0.2) is 45.2 Å². The molecule has 1 atom stereocenters. The second kappa shape index (κ2) is 11.4. The number of carbonyl (C=O) groups excluding carboxylic acids is 2. The van der Waals surface area contributed by atoms with E-state index in [1.165, 1.54) is 28.1 Å². The molecule has 4 rings (SSSR count). The summed E-state index contributed by atoms with van der Waals surface area (Å²) in [5, 5.41) is 17.3. The Labute approximate surface area is 207 Å². The SMILES string of the molecule is CCC(C(=O)NCc1ccccc1)N(C(=O)Cn1nnc(-c2cccs2)n1)c1ccccc1OC. The number of thiophene rings is 1. The summed E-state index contributed by atoms with van der Waals surface area (Å²) in [6.07, 6.45) is 0.398. The van der Waals surface area contributed by atoms with Crippen molar-refractivity contribution in [1.82, 2.24) is 25.5 Å². The lowest BCUT2D eigenvalue weighted by molar-refractivity contribution is -0.127. The third-order valence-electron chi connectivity index (χ3n) is 5.40. The second-order valence-corrected chi connectivity index (χ2v) is 8.63. The molecule has 35 heavy (non-hydrogen) atoms. The van der Waals surface area contributed by atoms with Crippen molar-refractivity contribution in [2.45, 2.75) is 32.5 Å². The fourth-order valence-electron chi connectivity index (χ4n) is 3.70. The lowest BCUT2D eigenvalue weighted by Gasteiger charge is -2.31. The molecule has 0 saturated carbocycles. The van der Waals surface area contributed by atoms with Crippen molar-refractivity contribution in [3.63, 3.8) is 0 Å². The van der Waals surface area contributed by atoms with E-state index in [2.05, 4.69) is 20.7 Å². The molecule has 0 aliphatic carbocycles. The lowest BCUT2D eigenvalue weighted by Crippen LogP contribution is -2.50. The van der Waals surface area contributed by atoms with E-state index in [4.69, 9.17) is 4.74 Å². The summed E-state index contributed by atoms with van der Waals surface area (Å²) in [7, 11) is 1.53. The first-order chi connectivity index (χ1) is 17.1. The Morgan fingerprint density at radius 1 is 1.09 bits per heavy atom. The van der Waals surface area contributed by atoms with E-state index in [-0.39, 0.29) is 18.4 Å². The number of anilines is 1. The van der Waals surface area contributed by atoms with Crippen LogP contribution in [0, 0.1) is 0 Å². The minimum Gasteiger partial charge on any atom is -0.495 e. The fraction of sp³-hybridized carbons (Fsp3) is 0.240. The maximum Gasteiger partial charge on any atom is 0.251 e. The topological polar surface area (TPSA) is 102 Å². The van der Waals surface area contributed by atoms with Gasteiger partial charge in [0.25, 0.3) is 5.91 Å². The normalized spacial score (nSPS) is 11.6. The van der Waals surface area contributed by atoms with Crippen molar-refractivity contribution < 1.29 is 14.3 Å². The molecule has 0 saturated heterocycles. The van der Waals surface area contributed by atoms with Crippen LogP contribution in [0.4, 0.5) is 5.69 Å². The molecule has 2 aromatic carbocycles. The first-order valence-corrected chi connectivity index (χ1v) is 12.1. The van der Waals surface area contributed by atoms with Crippen molar-refractivity contribution in [3.05, 3.63) is 77.7 Å². The Morgan fingerprint density at radius 2 is 1.86 bits per heavy atom. The van der Waals surface area contributed by atoms with Crippen molar-refractivity contribution in [1.29, 1.82) is 0 Å². The van der Waals surface area contributed by atoms with E-state index in [1.807, 2.05) is 60.8 Å². The molecule has 4 aromatic rings. The number of hydrogen-bond acceptors (Lipinski definition) is 7. The number of benzene rings is 2. The molecule has 180 valence electrons. The molecule has 0 bridgehead atoms. The highest BCUT2D eigenvalue weighted by Gasteiger charge is 2.32. The molecule has 2 amide bonds. The number of amides is 2. The monoisotopic (exact) mass is 490 g/mol. The summed E-state index contributed by atoms with van der Waals surface area (Å²) in [6.45, 7) is 2.04. The molecule has 2 aromatic heterocycles. The maximum atomic E-state index is 13.6. The number of para-hydroxylation sites is 2. The Hall–Kier alpha value is -4.05. The van der Waals surface area contributed by atoms with Crippen LogP contribution in [0.3, 0.4) is 0 Å². The van der Waals surface area contributed by atoms with Crippen LogP contribution in [-0.2, 0) is 22.7 Å². The zero-order valence-corrected chi connectivity index (χ0v) is 20.3. The van der Waals surface area contributed by atoms with Gasteiger partial charge in [-0.2, -0.15) is 4.80 Å². The summed E-state index contributed by atoms with van der Waals surface area (Å²) in [5.41, 5.74) is 1.47. The van der Waals surface area contributed by atoms with Gasteiger partial charge >= 0.3 is 0 Å². The van der Waals surface area contributed by atoms with Gasteiger partial charge in [0.15, 0.2) is 0 Å². The number of rotatable bonds is 10. The molecule has 1 unspecified atom stereocenters. The van der Waals surface area contributed by atoms with E-state index >= 15 is 0 Å². The van der Waals surface area contributed by atoms with Gasteiger partial charge in [-0.25, -0.2) is 0 Å². The molecule has 0 aliphatic rings. The van der Waals surface area contributed by atoms with Gasteiger partial charge in [-0.15, -0.1) is 21.5 Å². The molecule has 0 fully saturated rings. The van der Waals surface area contributed by atoms with Crippen LogP contribution in [0.1, 0.15) is 18.9 Å². The van der Waals surface area contributed by atoms with Crippen molar-refractivity contribution in [3.8, 4) is 16.5 Å². The number of nitrogens with one attached hydrogen (secondary N) is 1. The average molecular weight is 491 g/mol. The molecule has 0 radical (unpaired) electrons. The van der Waals surface area contributed by atoms with Gasteiger partial charge in [-0.1, -0.05) is 55.5 Å². The summed E-state index contributed by atoms with van der Waals surface area (Å²) >= 11 is 1.49. The minimum atomic E-state index is -0.761. The number of aromatic nitrogens is 4. The predicted octanol–water partition coefficient (Wildman–Crippen LogP) is 3.54. The van der Waals surface area contributed by atoms with E-state index in [9.17, 15) is 9.59 Å². The molecule has 10 heteroatoms. The largest absolute Gasteiger partial charge is 0.495 e. The first kappa shape index (κ1) is 24.1. The predicted molar refractivity (Wildman–Crippen MR) is 134 cm³/mol. The van der Waals surface area contributed by atoms with Crippen LogP contribution in [0.15, 0.2) is 72.1 Å². The number of nitrogens with zero attached hydrogens (tertiary/aromatic N) is 5. The van der Waals surface area contributed by atoms with Crippen LogP contribution in [0.2, 0.25) is 0 Å². The van der Waals surface area contributed by atoms with E-state index < -0.39 is 6.04 Å². The molecular weight excluding hydrogens is 464 g/mol. The minimum absolute atomic E-state index is 0.182. The Kier molecular flexibility index (Phi) is 7.84. The Balaban J connectivity index is 1.59. The highest BCUT2D eigenvalue weighted by molar-refractivity contribution is 7.13. The van der Waals surface area contributed by atoms with E-state index in [0.717, 1.165) is 10.4 Å². The molecule has 0 aliphatic heterocycles. The molecule has 9 nitrogen and oxygen atoms in total. The number of carbonyl (C=O) groups is 2. The van der Waals surface area contributed by atoms with Gasteiger partial charge in [0, 0.05) is 6.54 Å². The Bertz CT molecular complexity index is 1260. The summed E-state index contributed by atoms with van der Waals surface area (Å²) in [6, 6.07) is 19.8. The van der Waals surface area contributed by atoms with Crippen molar-refractivity contribution in [2.75, 3.05) is 12.0 Å². The second-order valence-electron chi connectivity index (χ2n) is 7.68. The highest BCUT2D eigenvalue weighted by Crippen LogP contribution is 2.30. The van der Waals surface area contributed by atoms with Gasteiger partial charge in [-0.3, -0.25) is 14.5 Å². The number of tetrazole rings is 1. The molecule has 2 heterocycles. The standard InChI is InChI=1S/C25H26N6O3S/c1-3-19(25(33)26-16-18-10-5-4-6-11-18)31(20-12-7-8-13-21(20)34-2)23(32)17-30-28-24(27-29-30)22-14-9-15-35-22/h4-15,19H,3,16-17H2,1-2H3,(H,26,33). The van der Waals surface area contributed by atoms with Gasteiger partial charge in [-0.05, 0) is 40.8 Å². The third kappa shape index (κ3) is 5.72. The van der Waals surface area contributed by atoms with Crippen LogP contribution in [0.5, 0.6) is 5.75 Å². The summed E-state index contributed by atoms with van der Waals surface area (Å²) < 4.78 is 5.51. The average Bonchev–Trinajstić information content (AvgIpc) is 3.59. The zero-order chi connectivity index (χ0) is 24.6. The molecular formula is C25H26N6O3S. The maximum absolute atomic E-state index is 13.6. The number of hydrogen-bond donors (Lipinski definition) is 1. The number of methoxy groups -OCH3 is 1. The quantitative estimate of drug-likeness (QED) is 0.365. The third-order valence-corrected chi connectivity index (χ3v) is 6.26. The van der Waals surface area contributed by atoms with Crippen LogP contribution < -0.4 is 15.0 Å². The fourth-order valence-corrected chi connectivity index (χ4v) is 4.35. The highest BCUT2D eigenvalue weighted by atomic mass is 32.1. The van der Waals surface area contributed by atoms with Gasteiger partial charge in [0.1, 0.15) is 18.3 Å². The molecule has 1 N–H and O–H groups in total. The molecule has 0 spiro atoms. The van der Waals surface area contributed by atoms with Gasteiger partial charge < -0.3 is 10.1 Å². The summed E-state index contributed by atoms with van der Waals surface area (Å²) in [5.74, 6) is 0.318. The lowest BCUT2D eigenvalue weighted by atomic mass is 10.1. The van der Waals surface area contributed by atoms with Gasteiger partial charge in [0.2, 0.25) is 11.7 Å². The van der Waals surface area contributed by atoms with Crippen molar-refractivity contribution in [2.24, 2.45) is 0 Å². The van der Waals surface area contributed by atoms with Crippen LogP contribution >= 0.6 is 11.3 Å². The van der Waals surface area contributed by atoms with Crippen molar-refractivity contribution >= 4 is 28.8 Å². The number of ether oxygens (including phenoxy) is 1. The van der Waals surface area contributed by atoms with Gasteiger partial charge in [0.05, 0.1) is 17.7 Å². The Morgan fingerprint density at radius 3 is 2.57 bits per heavy atom. The zero-order valence-electron chi connectivity index (χ0n) is 19.5. The first-order valence-electron chi connectivity index (χ1n) is 11.2.